The third-order valence-electron chi connectivity index (χ3n) is 5.16. The van der Waals surface area contributed by atoms with E-state index in [0.717, 1.165) is 22.0 Å². The molecule has 4 nitrogen and oxygen atoms in total. The van der Waals surface area contributed by atoms with Gasteiger partial charge in [0.05, 0.1) is 4.88 Å². The van der Waals surface area contributed by atoms with Crippen LogP contribution in [0.5, 0.6) is 0 Å². The minimum Gasteiger partial charge on any atom is -0.361 e. The van der Waals surface area contributed by atoms with E-state index in [1.54, 1.807) is 6.07 Å². The number of nitrogens with one attached hydrogen (secondary N) is 2. The van der Waals surface area contributed by atoms with Crippen LogP contribution >= 0.6 is 22.9 Å². The molecule has 152 valence electrons. The molecule has 0 unspecified atom stereocenters. The van der Waals surface area contributed by atoms with E-state index in [4.69, 9.17) is 11.6 Å². The van der Waals surface area contributed by atoms with Crippen molar-refractivity contribution in [1.82, 2.24) is 10.3 Å². The van der Waals surface area contributed by atoms with Crippen LogP contribution < -0.4 is 5.32 Å². The maximum atomic E-state index is 12.5. The normalized spacial score (nSPS) is 12.0. The van der Waals surface area contributed by atoms with E-state index in [-0.39, 0.29) is 30.4 Å². The van der Waals surface area contributed by atoms with Gasteiger partial charge in [-0.1, -0.05) is 54.1 Å². The van der Waals surface area contributed by atoms with E-state index < -0.39 is 0 Å². The van der Waals surface area contributed by atoms with Gasteiger partial charge in [0.25, 0.3) is 0 Å². The lowest BCUT2D eigenvalue weighted by molar-refractivity contribution is -0.121. The fraction of sp³-hybridized carbons (Fsp3) is 0.167. The Morgan fingerprint density at radius 1 is 0.967 bits per heavy atom. The quantitative estimate of drug-likeness (QED) is 0.343. The van der Waals surface area contributed by atoms with Crippen LogP contribution in [-0.4, -0.2) is 23.2 Å². The highest BCUT2D eigenvalue weighted by Crippen LogP contribution is 2.34. The predicted octanol–water partition coefficient (Wildman–Crippen LogP) is 5.79. The van der Waals surface area contributed by atoms with Crippen LogP contribution in [0.3, 0.4) is 0 Å². The summed E-state index contributed by atoms with van der Waals surface area (Å²) in [7, 11) is 0. The molecule has 0 aliphatic carbocycles. The molecule has 0 saturated carbocycles. The third kappa shape index (κ3) is 4.48. The molecule has 0 radical (unpaired) electrons. The average Bonchev–Trinajstić information content (AvgIpc) is 3.44. The second-order valence-electron chi connectivity index (χ2n) is 7.07. The van der Waals surface area contributed by atoms with E-state index in [1.165, 1.54) is 11.3 Å². The topological polar surface area (TPSA) is 62.0 Å². The van der Waals surface area contributed by atoms with Gasteiger partial charge in [-0.3, -0.25) is 9.59 Å². The number of carbonyl (C=O) groups excluding carboxylic acids is 2. The molecular weight excluding hydrogens is 416 g/mol. The first-order valence-electron chi connectivity index (χ1n) is 9.77. The molecule has 0 spiro atoms. The smallest absolute Gasteiger partial charge is 0.220 e. The lowest BCUT2D eigenvalue weighted by Crippen LogP contribution is -2.29. The van der Waals surface area contributed by atoms with E-state index in [0.29, 0.717) is 16.4 Å². The van der Waals surface area contributed by atoms with Crippen molar-refractivity contribution in [3.05, 3.63) is 93.3 Å². The van der Waals surface area contributed by atoms with Crippen molar-refractivity contribution in [2.75, 3.05) is 6.54 Å². The van der Waals surface area contributed by atoms with E-state index in [2.05, 4.69) is 16.4 Å². The van der Waals surface area contributed by atoms with Crippen LogP contribution in [0, 0.1) is 0 Å². The number of carbonyl (C=O) groups is 2. The molecule has 4 rings (SSSR count). The fourth-order valence-corrected chi connectivity index (χ4v) is 4.58. The molecule has 30 heavy (non-hydrogen) atoms. The summed E-state index contributed by atoms with van der Waals surface area (Å²) in [6.07, 6.45) is 2.35. The van der Waals surface area contributed by atoms with Crippen molar-refractivity contribution in [3.8, 4) is 0 Å². The molecule has 2 aromatic carbocycles. The predicted molar refractivity (Wildman–Crippen MR) is 122 cm³/mol. The molecule has 0 aliphatic rings. The number of benzene rings is 2. The van der Waals surface area contributed by atoms with Gasteiger partial charge >= 0.3 is 0 Å². The van der Waals surface area contributed by atoms with Gasteiger partial charge in [0, 0.05) is 47.4 Å². The number of thiophene rings is 1. The first-order chi connectivity index (χ1) is 14.6. The molecule has 0 saturated heterocycles. The lowest BCUT2D eigenvalue weighted by Gasteiger charge is -2.19. The Kier molecular flexibility index (Phi) is 6.31. The van der Waals surface area contributed by atoms with E-state index in [9.17, 15) is 9.59 Å². The monoisotopic (exact) mass is 436 g/mol. The number of para-hydroxylation sites is 1. The molecule has 0 aliphatic heterocycles. The molecule has 2 heterocycles. The maximum Gasteiger partial charge on any atom is 0.220 e. The molecule has 1 amide bonds. The Morgan fingerprint density at radius 3 is 2.57 bits per heavy atom. The van der Waals surface area contributed by atoms with E-state index in [1.807, 2.05) is 60.1 Å². The van der Waals surface area contributed by atoms with Gasteiger partial charge in [0.15, 0.2) is 5.78 Å². The largest absolute Gasteiger partial charge is 0.361 e. The standard InChI is InChI=1S/C24H21ClN2O2S/c25-20-8-3-1-6-16(20)18(19-14-26-21-9-4-2-7-17(19)21)15-27-24(29)12-11-22(28)23-10-5-13-30-23/h1-10,13-14,18,26H,11-12,15H2,(H,27,29)/t18-/m0/s1. The number of Topliss-reactive ketones (excluding diaryl/α,β-unsaturated/α-hetero) is 1. The number of fused-ring (bicyclic) bond motifs is 1. The number of ketones is 1. The van der Waals surface area contributed by atoms with Crippen molar-refractivity contribution in [2.24, 2.45) is 0 Å². The SMILES string of the molecule is O=C(CCC(=O)c1cccs1)NC[C@@H](c1ccccc1Cl)c1c[nH]c2ccccc12. The van der Waals surface area contributed by atoms with Gasteiger partial charge in [0.2, 0.25) is 5.91 Å². The van der Waals surface area contributed by atoms with Crippen molar-refractivity contribution in [2.45, 2.75) is 18.8 Å². The summed E-state index contributed by atoms with van der Waals surface area (Å²) >= 11 is 7.90. The number of H-pyrrole nitrogens is 1. The fourth-order valence-electron chi connectivity index (χ4n) is 3.62. The van der Waals surface area contributed by atoms with Gasteiger partial charge in [-0.15, -0.1) is 11.3 Å². The van der Waals surface area contributed by atoms with Gasteiger partial charge in [-0.25, -0.2) is 0 Å². The zero-order valence-electron chi connectivity index (χ0n) is 16.2. The summed E-state index contributed by atoms with van der Waals surface area (Å²) in [6, 6.07) is 19.4. The van der Waals surface area contributed by atoms with Gasteiger partial charge < -0.3 is 10.3 Å². The number of hydrogen-bond acceptors (Lipinski definition) is 3. The van der Waals surface area contributed by atoms with Crippen LogP contribution in [0.25, 0.3) is 10.9 Å². The highest BCUT2D eigenvalue weighted by Gasteiger charge is 2.21. The van der Waals surface area contributed by atoms with E-state index >= 15 is 0 Å². The molecular formula is C24H21ClN2O2S. The minimum absolute atomic E-state index is 0.000526. The second-order valence-corrected chi connectivity index (χ2v) is 8.42. The van der Waals surface area contributed by atoms with Crippen molar-refractivity contribution < 1.29 is 9.59 Å². The summed E-state index contributed by atoms with van der Waals surface area (Å²) in [5, 5.41) is 6.63. The zero-order chi connectivity index (χ0) is 20.9. The Labute approximate surface area is 183 Å². The van der Waals surface area contributed by atoms with Crippen LogP contribution in [0.2, 0.25) is 5.02 Å². The van der Waals surface area contributed by atoms with Crippen LogP contribution in [0.15, 0.2) is 72.2 Å². The van der Waals surface area contributed by atoms with Crippen molar-refractivity contribution in [3.63, 3.8) is 0 Å². The summed E-state index contributed by atoms with van der Waals surface area (Å²) in [6.45, 7) is 0.400. The summed E-state index contributed by atoms with van der Waals surface area (Å²) in [5.74, 6) is -0.247. The minimum atomic E-state index is -0.142. The van der Waals surface area contributed by atoms with Gasteiger partial charge in [0.1, 0.15) is 0 Å². The molecule has 4 aromatic rings. The Hall–Kier alpha value is -2.89. The summed E-state index contributed by atoms with van der Waals surface area (Å²) in [4.78, 5) is 28.6. The lowest BCUT2D eigenvalue weighted by atomic mass is 9.90. The number of aromatic amines is 1. The number of rotatable bonds is 8. The Balaban J connectivity index is 1.50. The number of halogens is 1. The molecule has 2 aromatic heterocycles. The number of hydrogen-bond donors (Lipinski definition) is 2. The Bertz CT molecular complexity index is 1170. The molecule has 0 bridgehead atoms. The zero-order valence-corrected chi connectivity index (χ0v) is 17.8. The molecule has 6 heteroatoms. The van der Waals surface area contributed by atoms with Crippen LogP contribution in [0.1, 0.15) is 39.6 Å². The van der Waals surface area contributed by atoms with Crippen LogP contribution in [-0.2, 0) is 4.79 Å². The van der Waals surface area contributed by atoms with Gasteiger partial charge in [-0.05, 0) is 34.7 Å². The molecule has 2 N–H and O–H groups in total. The average molecular weight is 437 g/mol. The van der Waals surface area contributed by atoms with Crippen LogP contribution in [0.4, 0.5) is 0 Å². The second kappa shape index (κ2) is 9.28. The highest BCUT2D eigenvalue weighted by molar-refractivity contribution is 7.12. The maximum absolute atomic E-state index is 12.5. The highest BCUT2D eigenvalue weighted by atomic mass is 35.5. The molecule has 0 fully saturated rings. The van der Waals surface area contributed by atoms with Crippen molar-refractivity contribution in [1.29, 1.82) is 0 Å². The van der Waals surface area contributed by atoms with Crippen molar-refractivity contribution >= 4 is 45.5 Å². The first-order valence-corrected chi connectivity index (χ1v) is 11.0. The Morgan fingerprint density at radius 2 is 1.77 bits per heavy atom. The molecule has 1 atom stereocenters. The summed E-state index contributed by atoms with van der Waals surface area (Å²) in [5.41, 5.74) is 3.07. The summed E-state index contributed by atoms with van der Waals surface area (Å²) < 4.78 is 0. The van der Waals surface area contributed by atoms with Gasteiger partial charge in [-0.2, -0.15) is 0 Å². The third-order valence-corrected chi connectivity index (χ3v) is 6.41. The number of amides is 1. The number of aromatic nitrogens is 1. The first kappa shape index (κ1) is 20.4.